The standard InChI is InChI=1S/C16H17ClN4O2/c17-13-1-3-14(4-2-13)21-10-12(9-19-21)16(23)20-7-5-11(6-8-20)15(18)22/h1-4,9-11H,5-8H2,(H2,18,22). The molecule has 0 saturated carbocycles. The van der Waals surface area contributed by atoms with E-state index in [-0.39, 0.29) is 17.7 Å². The van der Waals surface area contributed by atoms with Crippen LogP contribution in [0.1, 0.15) is 23.2 Å². The van der Waals surface area contributed by atoms with Crippen LogP contribution in [0.15, 0.2) is 36.7 Å². The summed E-state index contributed by atoms with van der Waals surface area (Å²) < 4.78 is 1.64. The summed E-state index contributed by atoms with van der Waals surface area (Å²) in [6.45, 7) is 1.08. The molecule has 0 unspecified atom stereocenters. The van der Waals surface area contributed by atoms with Crippen LogP contribution in [0.5, 0.6) is 0 Å². The van der Waals surface area contributed by atoms with E-state index in [1.807, 2.05) is 12.1 Å². The molecule has 6 nitrogen and oxygen atoms in total. The first kappa shape index (κ1) is 15.6. The number of amides is 2. The predicted molar refractivity (Wildman–Crippen MR) is 86.4 cm³/mol. The zero-order valence-corrected chi connectivity index (χ0v) is 13.2. The van der Waals surface area contributed by atoms with Gasteiger partial charge in [-0.1, -0.05) is 11.6 Å². The van der Waals surface area contributed by atoms with Crippen LogP contribution in [0, 0.1) is 5.92 Å². The lowest BCUT2D eigenvalue weighted by Gasteiger charge is -2.30. The van der Waals surface area contributed by atoms with Gasteiger partial charge in [-0.2, -0.15) is 5.10 Å². The van der Waals surface area contributed by atoms with Gasteiger partial charge in [0.25, 0.3) is 5.91 Å². The van der Waals surface area contributed by atoms with Crippen molar-refractivity contribution in [3.8, 4) is 5.69 Å². The summed E-state index contributed by atoms with van der Waals surface area (Å²) in [5.74, 6) is -0.489. The molecular formula is C16H17ClN4O2. The monoisotopic (exact) mass is 332 g/mol. The average Bonchev–Trinajstić information content (AvgIpc) is 3.05. The third kappa shape index (κ3) is 3.37. The van der Waals surface area contributed by atoms with Crippen molar-refractivity contribution in [2.75, 3.05) is 13.1 Å². The molecule has 1 aliphatic rings. The van der Waals surface area contributed by atoms with Crippen LogP contribution in [0.25, 0.3) is 5.69 Å². The van der Waals surface area contributed by atoms with Crippen LogP contribution in [-0.4, -0.2) is 39.6 Å². The molecule has 1 fully saturated rings. The zero-order valence-electron chi connectivity index (χ0n) is 12.5. The molecule has 0 aliphatic carbocycles. The number of benzene rings is 1. The summed E-state index contributed by atoms with van der Waals surface area (Å²) in [6, 6.07) is 7.22. The van der Waals surface area contributed by atoms with E-state index < -0.39 is 0 Å². The number of hydrogen-bond acceptors (Lipinski definition) is 3. The molecule has 0 radical (unpaired) electrons. The third-order valence-corrected chi connectivity index (χ3v) is 4.36. The summed E-state index contributed by atoms with van der Waals surface area (Å²) in [5.41, 5.74) is 6.67. The zero-order chi connectivity index (χ0) is 16.4. The van der Waals surface area contributed by atoms with Crippen molar-refractivity contribution < 1.29 is 9.59 Å². The smallest absolute Gasteiger partial charge is 0.257 e. The number of rotatable bonds is 3. The Bertz CT molecular complexity index is 718. The summed E-state index contributed by atoms with van der Waals surface area (Å²) in [7, 11) is 0. The first-order valence-electron chi connectivity index (χ1n) is 7.44. The molecule has 0 bridgehead atoms. The number of aromatic nitrogens is 2. The predicted octanol–water partition coefficient (Wildman–Crippen LogP) is 1.86. The van der Waals surface area contributed by atoms with Crippen molar-refractivity contribution in [1.82, 2.24) is 14.7 Å². The number of likely N-dealkylation sites (tertiary alicyclic amines) is 1. The van der Waals surface area contributed by atoms with E-state index in [2.05, 4.69) is 5.10 Å². The van der Waals surface area contributed by atoms with Gasteiger partial charge in [0.1, 0.15) is 0 Å². The van der Waals surface area contributed by atoms with Crippen LogP contribution >= 0.6 is 11.6 Å². The Hall–Kier alpha value is -2.34. The van der Waals surface area contributed by atoms with E-state index in [9.17, 15) is 9.59 Å². The minimum Gasteiger partial charge on any atom is -0.369 e. The Morgan fingerprint density at radius 1 is 1.17 bits per heavy atom. The number of hydrogen-bond donors (Lipinski definition) is 1. The van der Waals surface area contributed by atoms with Crippen LogP contribution in [0.4, 0.5) is 0 Å². The lowest BCUT2D eigenvalue weighted by atomic mass is 9.96. The molecule has 2 heterocycles. The lowest BCUT2D eigenvalue weighted by molar-refractivity contribution is -0.123. The molecule has 2 aromatic rings. The molecule has 120 valence electrons. The number of carbonyl (C=O) groups excluding carboxylic acids is 2. The van der Waals surface area contributed by atoms with Gasteiger partial charge in [-0.3, -0.25) is 9.59 Å². The minimum absolute atomic E-state index is 0.0758. The quantitative estimate of drug-likeness (QED) is 0.931. The fourth-order valence-corrected chi connectivity index (χ4v) is 2.84. The average molecular weight is 333 g/mol. The van der Waals surface area contributed by atoms with Gasteiger partial charge in [-0.05, 0) is 37.1 Å². The van der Waals surface area contributed by atoms with Gasteiger partial charge in [-0.25, -0.2) is 4.68 Å². The summed E-state index contributed by atoms with van der Waals surface area (Å²) in [5, 5.41) is 4.87. The molecule has 0 atom stereocenters. The van der Waals surface area contributed by atoms with Gasteiger partial charge in [0.2, 0.25) is 5.91 Å². The number of halogens is 1. The molecule has 2 N–H and O–H groups in total. The number of carbonyl (C=O) groups is 2. The van der Waals surface area contributed by atoms with Crippen molar-refractivity contribution in [3.63, 3.8) is 0 Å². The number of piperidine rings is 1. The normalized spacial score (nSPS) is 15.6. The molecule has 2 amide bonds. The van der Waals surface area contributed by atoms with E-state index in [0.717, 1.165) is 5.69 Å². The second-order valence-electron chi connectivity index (χ2n) is 5.62. The van der Waals surface area contributed by atoms with Crippen molar-refractivity contribution in [2.45, 2.75) is 12.8 Å². The minimum atomic E-state index is -0.285. The van der Waals surface area contributed by atoms with Gasteiger partial charge in [0.05, 0.1) is 17.4 Å². The van der Waals surface area contributed by atoms with Gasteiger partial charge in [0.15, 0.2) is 0 Å². The van der Waals surface area contributed by atoms with Gasteiger partial charge in [-0.15, -0.1) is 0 Å². The van der Waals surface area contributed by atoms with Gasteiger partial charge in [0, 0.05) is 30.2 Å². The molecule has 1 aromatic heterocycles. The maximum absolute atomic E-state index is 12.5. The Morgan fingerprint density at radius 2 is 1.83 bits per heavy atom. The third-order valence-electron chi connectivity index (χ3n) is 4.11. The van der Waals surface area contributed by atoms with Gasteiger partial charge >= 0.3 is 0 Å². The van der Waals surface area contributed by atoms with E-state index in [1.54, 1.807) is 34.1 Å². The van der Waals surface area contributed by atoms with Crippen molar-refractivity contribution in [2.24, 2.45) is 11.7 Å². The van der Waals surface area contributed by atoms with Crippen LogP contribution in [0.3, 0.4) is 0 Å². The topological polar surface area (TPSA) is 81.2 Å². The Balaban J connectivity index is 1.69. The molecule has 1 aromatic carbocycles. The van der Waals surface area contributed by atoms with Crippen LogP contribution in [-0.2, 0) is 4.79 Å². The summed E-state index contributed by atoms with van der Waals surface area (Å²) in [4.78, 5) is 25.4. The van der Waals surface area contributed by atoms with Crippen molar-refractivity contribution in [1.29, 1.82) is 0 Å². The molecule has 7 heteroatoms. The molecule has 3 rings (SSSR count). The first-order chi connectivity index (χ1) is 11.0. The SMILES string of the molecule is NC(=O)C1CCN(C(=O)c2cnn(-c3ccc(Cl)cc3)c2)CC1. The molecule has 1 saturated heterocycles. The Labute approximate surface area is 138 Å². The molecule has 0 spiro atoms. The first-order valence-corrected chi connectivity index (χ1v) is 7.81. The fraction of sp³-hybridized carbons (Fsp3) is 0.312. The highest BCUT2D eigenvalue weighted by Gasteiger charge is 2.27. The largest absolute Gasteiger partial charge is 0.369 e. The van der Waals surface area contributed by atoms with Crippen molar-refractivity contribution >= 4 is 23.4 Å². The number of nitrogens with two attached hydrogens (primary N) is 1. The maximum atomic E-state index is 12.5. The summed E-state index contributed by atoms with van der Waals surface area (Å²) in [6.07, 6.45) is 4.49. The highest BCUT2D eigenvalue weighted by molar-refractivity contribution is 6.30. The Morgan fingerprint density at radius 3 is 2.43 bits per heavy atom. The lowest BCUT2D eigenvalue weighted by Crippen LogP contribution is -2.41. The second kappa shape index (κ2) is 6.42. The second-order valence-corrected chi connectivity index (χ2v) is 6.06. The highest BCUT2D eigenvalue weighted by atomic mass is 35.5. The van der Waals surface area contributed by atoms with E-state index in [4.69, 9.17) is 17.3 Å². The van der Waals surface area contributed by atoms with Crippen LogP contribution < -0.4 is 5.73 Å². The maximum Gasteiger partial charge on any atom is 0.257 e. The number of nitrogens with zero attached hydrogens (tertiary/aromatic N) is 3. The molecule has 1 aliphatic heterocycles. The Kier molecular flexibility index (Phi) is 4.34. The molecule has 23 heavy (non-hydrogen) atoms. The van der Waals surface area contributed by atoms with E-state index in [0.29, 0.717) is 36.5 Å². The van der Waals surface area contributed by atoms with E-state index >= 15 is 0 Å². The van der Waals surface area contributed by atoms with Gasteiger partial charge < -0.3 is 10.6 Å². The van der Waals surface area contributed by atoms with Crippen LogP contribution in [0.2, 0.25) is 5.02 Å². The highest BCUT2D eigenvalue weighted by Crippen LogP contribution is 2.19. The molecular weight excluding hydrogens is 316 g/mol. The van der Waals surface area contributed by atoms with Crippen molar-refractivity contribution in [3.05, 3.63) is 47.2 Å². The fourth-order valence-electron chi connectivity index (χ4n) is 2.72. The van der Waals surface area contributed by atoms with E-state index in [1.165, 1.54) is 0 Å². The summed E-state index contributed by atoms with van der Waals surface area (Å²) >= 11 is 5.87. The number of primary amides is 1.